The lowest BCUT2D eigenvalue weighted by Crippen LogP contribution is -2.26. The number of nitrogens with two attached hydrogens (primary N) is 1. The van der Waals surface area contributed by atoms with Crippen molar-refractivity contribution in [2.24, 2.45) is 0 Å². The minimum absolute atomic E-state index is 0.192. The molecule has 1 rings (SSSR count). The van der Waals surface area contributed by atoms with Crippen LogP contribution in [0.25, 0.3) is 0 Å². The molecule has 0 saturated carbocycles. The Morgan fingerprint density at radius 2 is 2.13 bits per heavy atom. The van der Waals surface area contributed by atoms with Crippen molar-refractivity contribution in [2.45, 2.75) is 25.5 Å². The highest BCUT2D eigenvalue weighted by Gasteiger charge is 2.16. The number of aryl methyl sites for hydroxylation is 1. The van der Waals surface area contributed by atoms with Gasteiger partial charge in [-0.3, -0.25) is 0 Å². The van der Waals surface area contributed by atoms with Crippen LogP contribution in [0, 0.1) is 6.92 Å². The number of hydrogen-bond donors (Lipinski definition) is 2. The highest BCUT2D eigenvalue weighted by atomic mass is 32.2. The highest BCUT2D eigenvalue weighted by molar-refractivity contribution is 7.99. The van der Waals surface area contributed by atoms with Gasteiger partial charge in [0.2, 0.25) is 0 Å². The van der Waals surface area contributed by atoms with E-state index in [0.717, 1.165) is 18.1 Å². The molecule has 0 amide bonds. The quantitative estimate of drug-likeness (QED) is 0.826. The number of nitrogens with zero attached hydrogens (tertiary/aromatic N) is 1. The third-order valence-corrected chi connectivity index (χ3v) is 3.55. The fraction of sp³-hybridized carbons (Fsp3) is 0.545. The molecule has 0 bridgehead atoms. The van der Waals surface area contributed by atoms with Crippen molar-refractivity contribution in [2.75, 3.05) is 23.9 Å². The Morgan fingerprint density at radius 3 is 2.73 bits per heavy atom. The topological polar surface area (TPSA) is 50.9 Å². The second-order valence-electron chi connectivity index (χ2n) is 4.21. The number of pyridine rings is 1. The molecule has 0 unspecified atom stereocenters. The van der Waals surface area contributed by atoms with E-state index in [1.165, 1.54) is 0 Å². The van der Waals surface area contributed by atoms with Crippen LogP contribution in [0.4, 0.5) is 11.5 Å². The van der Waals surface area contributed by atoms with E-state index in [1.807, 2.05) is 30.8 Å². The first-order valence-electron chi connectivity index (χ1n) is 4.97. The first-order valence-corrected chi connectivity index (χ1v) is 6.19. The van der Waals surface area contributed by atoms with Gasteiger partial charge in [-0.1, -0.05) is 0 Å². The Morgan fingerprint density at radius 1 is 1.47 bits per heavy atom. The monoisotopic (exact) mass is 225 g/mol. The number of rotatable bonds is 4. The molecule has 0 atom stereocenters. The van der Waals surface area contributed by atoms with E-state index in [0.29, 0.717) is 5.69 Å². The summed E-state index contributed by atoms with van der Waals surface area (Å²) in [6, 6.07) is 3.80. The number of hydrogen-bond acceptors (Lipinski definition) is 4. The molecule has 4 heteroatoms. The third-order valence-electron chi connectivity index (χ3n) is 2.30. The Kier molecular flexibility index (Phi) is 3.85. The molecule has 1 heterocycles. The van der Waals surface area contributed by atoms with Gasteiger partial charge in [0.25, 0.3) is 0 Å². The molecule has 15 heavy (non-hydrogen) atoms. The predicted octanol–water partition coefficient (Wildman–Crippen LogP) is 2.53. The lowest BCUT2D eigenvalue weighted by Gasteiger charge is -2.23. The average molecular weight is 225 g/mol. The van der Waals surface area contributed by atoms with E-state index in [1.54, 1.807) is 0 Å². The van der Waals surface area contributed by atoms with Gasteiger partial charge in [-0.25, -0.2) is 4.98 Å². The first kappa shape index (κ1) is 12.2. The van der Waals surface area contributed by atoms with Gasteiger partial charge >= 0.3 is 0 Å². The van der Waals surface area contributed by atoms with E-state index in [9.17, 15) is 0 Å². The fourth-order valence-electron chi connectivity index (χ4n) is 1.08. The van der Waals surface area contributed by atoms with Crippen molar-refractivity contribution in [1.29, 1.82) is 0 Å². The van der Waals surface area contributed by atoms with Crippen molar-refractivity contribution in [3.63, 3.8) is 0 Å². The van der Waals surface area contributed by atoms with Gasteiger partial charge in [0.05, 0.1) is 5.69 Å². The molecule has 0 aliphatic rings. The summed E-state index contributed by atoms with van der Waals surface area (Å²) >= 11 is 1.83. The Hall–Kier alpha value is -0.900. The number of aromatic nitrogens is 1. The zero-order valence-electron chi connectivity index (χ0n) is 9.79. The molecule has 0 saturated heterocycles. The molecule has 3 N–H and O–H groups in total. The first-order chi connectivity index (χ1) is 6.94. The number of thioether (sulfide) groups is 1. The van der Waals surface area contributed by atoms with Crippen molar-refractivity contribution >= 4 is 23.3 Å². The molecule has 0 spiro atoms. The second kappa shape index (κ2) is 4.75. The number of anilines is 2. The van der Waals surface area contributed by atoms with Gasteiger partial charge in [-0.2, -0.15) is 11.8 Å². The molecule has 0 aromatic carbocycles. The maximum Gasteiger partial charge on any atom is 0.149 e. The van der Waals surface area contributed by atoms with Crippen LogP contribution in [0.5, 0.6) is 0 Å². The van der Waals surface area contributed by atoms with E-state index < -0.39 is 0 Å². The van der Waals surface area contributed by atoms with Crippen LogP contribution in [0.1, 0.15) is 19.5 Å². The van der Waals surface area contributed by atoms with Gasteiger partial charge in [0.1, 0.15) is 5.82 Å². The van der Waals surface area contributed by atoms with Crippen LogP contribution in [0.2, 0.25) is 0 Å². The van der Waals surface area contributed by atoms with E-state index in [-0.39, 0.29) is 4.75 Å². The average Bonchev–Trinajstić information content (AvgIpc) is 2.20. The van der Waals surface area contributed by atoms with Gasteiger partial charge in [-0.05, 0) is 39.2 Å². The predicted molar refractivity (Wildman–Crippen MR) is 69.5 cm³/mol. The molecule has 0 aliphatic heterocycles. The van der Waals surface area contributed by atoms with Crippen molar-refractivity contribution in [3.05, 3.63) is 17.8 Å². The van der Waals surface area contributed by atoms with E-state index >= 15 is 0 Å². The van der Waals surface area contributed by atoms with Crippen LogP contribution in [0.3, 0.4) is 0 Å². The van der Waals surface area contributed by atoms with Crippen molar-refractivity contribution in [3.8, 4) is 0 Å². The molecule has 0 aliphatic carbocycles. The largest absolute Gasteiger partial charge is 0.396 e. The summed E-state index contributed by atoms with van der Waals surface area (Å²) in [4.78, 5) is 4.36. The highest BCUT2D eigenvalue weighted by Crippen LogP contribution is 2.23. The lowest BCUT2D eigenvalue weighted by atomic mass is 10.2. The molecule has 1 aromatic rings. The summed E-state index contributed by atoms with van der Waals surface area (Å²) in [5.41, 5.74) is 7.51. The standard InChI is InChI=1S/C11H19N3S/c1-8-5-6-9(12)10(14-8)13-7-11(2,3)15-4/h5-6H,7,12H2,1-4H3,(H,13,14). The molecule has 0 radical (unpaired) electrons. The second-order valence-corrected chi connectivity index (χ2v) is 5.72. The minimum Gasteiger partial charge on any atom is -0.396 e. The summed E-state index contributed by atoms with van der Waals surface area (Å²) in [7, 11) is 0. The molecule has 3 nitrogen and oxygen atoms in total. The number of nitrogens with one attached hydrogen (secondary N) is 1. The minimum atomic E-state index is 0.192. The fourth-order valence-corrected chi connectivity index (χ4v) is 1.29. The van der Waals surface area contributed by atoms with Crippen LogP contribution in [0.15, 0.2) is 12.1 Å². The normalized spacial score (nSPS) is 11.5. The van der Waals surface area contributed by atoms with Crippen molar-refractivity contribution < 1.29 is 0 Å². The van der Waals surface area contributed by atoms with Crippen molar-refractivity contribution in [1.82, 2.24) is 4.98 Å². The Bertz CT molecular complexity index is 337. The summed E-state index contributed by atoms with van der Waals surface area (Å²) in [5.74, 6) is 0.789. The van der Waals surface area contributed by atoms with Gasteiger partial charge in [0.15, 0.2) is 0 Å². The zero-order valence-corrected chi connectivity index (χ0v) is 10.6. The molecule has 1 aromatic heterocycles. The summed E-state index contributed by atoms with van der Waals surface area (Å²) in [6.45, 7) is 7.20. The maximum atomic E-state index is 5.83. The third kappa shape index (κ3) is 3.63. The summed E-state index contributed by atoms with van der Waals surface area (Å²) in [5, 5.41) is 3.29. The van der Waals surface area contributed by atoms with E-state index in [4.69, 9.17) is 5.73 Å². The zero-order chi connectivity index (χ0) is 11.5. The van der Waals surface area contributed by atoms with Gasteiger partial charge in [0, 0.05) is 17.0 Å². The molecule has 0 fully saturated rings. The SMILES string of the molecule is CSC(C)(C)CNc1nc(C)ccc1N. The summed E-state index contributed by atoms with van der Waals surface area (Å²) in [6.07, 6.45) is 2.11. The summed E-state index contributed by atoms with van der Waals surface area (Å²) < 4.78 is 0.192. The van der Waals surface area contributed by atoms with Gasteiger partial charge < -0.3 is 11.1 Å². The Balaban J connectivity index is 2.69. The number of nitrogen functional groups attached to an aromatic ring is 1. The van der Waals surface area contributed by atoms with Crippen LogP contribution < -0.4 is 11.1 Å². The molecule has 84 valence electrons. The lowest BCUT2D eigenvalue weighted by molar-refractivity contribution is 0.750. The molecular formula is C11H19N3S. The smallest absolute Gasteiger partial charge is 0.149 e. The van der Waals surface area contributed by atoms with Crippen LogP contribution in [-0.4, -0.2) is 22.5 Å². The van der Waals surface area contributed by atoms with Crippen LogP contribution in [-0.2, 0) is 0 Å². The Labute approximate surface area is 95.9 Å². The van der Waals surface area contributed by atoms with Crippen LogP contribution >= 0.6 is 11.8 Å². The molecular weight excluding hydrogens is 206 g/mol. The van der Waals surface area contributed by atoms with E-state index in [2.05, 4.69) is 30.4 Å². The van der Waals surface area contributed by atoms with Gasteiger partial charge in [-0.15, -0.1) is 0 Å². The maximum absolute atomic E-state index is 5.83.